The summed E-state index contributed by atoms with van der Waals surface area (Å²) >= 11 is 0. The maximum Gasteiger partial charge on any atom is 0.317 e. The summed E-state index contributed by atoms with van der Waals surface area (Å²) < 4.78 is 0. The highest BCUT2D eigenvalue weighted by molar-refractivity contribution is 5.76. The number of aliphatic carboxylic acids is 1. The van der Waals surface area contributed by atoms with Gasteiger partial charge in [-0.3, -0.25) is 4.79 Å². The lowest BCUT2D eigenvalue weighted by molar-refractivity contribution is -0.143. The average Bonchev–Trinajstić information content (AvgIpc) is 2.94. The molecule has 114 valence electrons. The lowest BCUT2D eigenvalue weighted by atomic mass is 9.83. The standard InChI is InChI=1S/C15H26N2O3/c1-2-15(7-3-4-8-15)11-16-14(20)17-9-5-6-12(10-17)13(18)19/h12H,2-11H2,1H3,(H,16,20)(H,18,19)/t12-/m0/s1. The minimum atomic E-state index is -0.789. The number of nitrogens with zero attached hydrogens (tertiary/aromatic N) is 1. The zero-order valence-electron chi connectivity index (χ0n) is 12.4. The van der Waals surface area contributed by atoms with E-state index in [1.807, 2.05) is 0 Å². The van der Waals surface area contributed by atoms with Gasteiger partial charge in [0.05, 0.1) is 5.92 Å². The van der Waals surface area contributed by atoms with Crippen molar-refractivity contribution >= 4 is 12.0 Å². The fourth-order valence-corrected chi connectivity index (χ4v) is 3.52. The molecule has 0 bridgehead atoms. The van der Waals surface area contributed by atoms with Crippen molar-refractivity contribution in [2.45, 2.75) is 51.9 Å². The number of hydrogen-bond donors (Lipinski definition) is 2. The number of likely N-dealkylation sites (tertiary alicyclic amines) is 1. The fraction of sp³-hybridized carbons (Fsp3) is 0.867. The van der Waals surface area contributed by atoms with E-state index in [1.54, 1.807) is 4.90 Å². The van der Waals surface area contributed by atoms with Gasteiger partial charge in [-0.15, -0.1) is 0 Å². The Balaban J connectivity index is 1.83. The molecule has 2 amide bonds. The number of carbonyl (C=O) groups is 2. The zero-order valence-corrected chi connectivity index (χ0v) is 12.4. The average molecular weight is 282 g/mol. The zero-order chi connectivity index (χ0) is 14.6. The van der Waals surface area contributed by atoms with E-state index in [0.29, 0.717) is 19.5 Å². The van der Waals surface area contributed by atoms with E-state index >= 15 is 0 Å². The second-order valence-corrected chi connectivity index (χ2v) is 6.34. The van der Waals surface area contributed by atoms with Gasteiger partial charge in [-0.05, 0) is 37.5 Å². The SMILES string of the molecule is CCC1(CNC(=O)N2CCC[C@H](C(=O)O)C2)CCCC1. The Kier molecular flexibility index (Phi) is 4.89. The Labute approximate surface area is 120 Å². The number of amides is 2. The number of carboxylic acids is 1. The van der Waals surface area contributed by atoms with Crippen LogP contribution >= 0.6 is 0 Å². The molecule has 1 saturated heterocycles. The molecule has 1 aliphatic carbocycles. The molecule has 0 aromatic heterocycles. The smallest absolute Gasteiger partial charge is 0.317 e. The monoisotopic (exact) mass is 282 g/mol. The molecule has 2 aliphatic rings. The summed E-state index contributed by atoms with van der Waals surface area (Å²) in [5.74, 6) is -1.19. The van der Waals surface area contributed by atoms with E-state index in [4.69, 9.17) is 5.11 Å². The summed E-state index contributed by atoms with van der Waals surface area (Å²) in [7, 11) is 0. The molecule has 2 rings (SSSR count). The number of carbonyl (C=O) groups excluding carboxylic acids is 1. The highest BCUT2D eigenvalue weighted by atomic mass is 16.4. The van der Waals surface area contributed by atoms with Crippen molar-refractivity contribution in [2.24, 2.45) is 11.3 Å². The predicted octanol–water partition coefficient (Wildman–Crippen LogP) is 2.46. The first-order valence-electron chi connectivity index (χ1n) is 7.82. The number of hydrogen-bond acceptors (Lipinski definition) is 2. The molecule has 1 heterocycles. The van der Waals surface area contributed by atoms with Crippen LogP contribution in [-0.2, 0) is 4.79 Å². The third kappa shape index (κ3) is 3.44. The van der Waals surface area contributed by atoms with Crippen molar-refractivity contribution in [1.82, 2.24) is 10.2 Å². The number of carboxylic acid groups (broad SMARTS) is 1. The van der Waals surface area contributed by atoms with Crippen molar-refractivity contribution in [2.75, 3.05) is 19.6 Å². The van der Waals surface area contributed by atoms with Crippen molar-refractivity contribution < 1.29 is 14.7 Å². The van der Waals surface area contributed by atoms with Gasteiger partial charge in [-0.2, -0.15) is 0 Å². The van der Waals surface area contributed by atoms with E-state index < -0.39 is 11.9 Å². The highest BCUT2D eigenvalue weighted by Gasteiger charge is 2.33. The van der Waals surface area contributed by atoms with Gasteiger partial charge in [-0.1, -0.05) is 19.8 Å². The first-order chi connectivity index (χ1) is 9.56. The molecule has 2 fully saturated rings. The molecule has 0 unspecified atom stereocenters. The van der Waals surface area contributed by atoms with Gasteiger partial charge in [0.2, 0.25) is 0 Å². The lowest BCUT2D eigenvalue weighted by Crippen LogP contribution is -2.49. The summed E-state index contributed by atoms with van der Waals surface area (Å²) in [5.41, 5.74) is 0.275. The van der Waals surface area contributed by atoms with Crippen LogP contribution in [0.15, 0.2) is 0 Å². The van der Waals surface area contributed by atoms with Crippen molar-refractivity contribution in [3.05, 3.63) is 0 Å². The summed E-state index contributed by atoms with van der Waals surface area (Å²) in [6.45, 7) is 3.95. The van der Waals surface area contributed by atoms with Crippen molar-refractivity contribution in [3.8, 4) is 0 Å². The molecule has 1 saturated carbocycles. The minimum absolute atomic E-state index is 0.0873. The molecule has 0 aromatic carbocycles. The van der Waals surface area contributed by atoms with Crippen molar-refractivity contribution in [3.63, 3.8) is 0 Å². The Hall–Kier alpha value is -1.26. The van der Waals surface area contributed by atoms with Crippen LogP contribution < -0.4 is 5.32 Å². The van der Waals surface area contributed by atoms with Crippen LogP contribution in [0.1, 0.15) is 51.9 Å². The molecular formula is C15H26N2O3. The van der Waals surface area contributed by atoms with Gasteiger partial charge < -0.3 is 15.3 Å². The van der Waals surface area contributed by atoms with Crippen LogP contribution in [0.4, 0.5) is 4.79 Å². The Bertz CT molecular complexity index is 364. The molecule has 0 aromatic rings. The normalized spacial score (nSPS) is 25.4. The van der Waals surface area contributed by atoms with Crippen LogP contribution in [0.2, 0.25) is 0 Å². The maximum atomic E-state index is 12.2. The van der Waals surface area contributed by atoms with Crippen LogP contribution in [0.5, 0.6) is 0 Å². The van der Waals surface area contributed by atoms with E-state index in [-0.39, 0.29) is 11.4 Å². The van der Waals surface area contributed by atoms with E-state index in [9.17, 15) is 9.59 Å². The minimum Gasteiger partial charge on any atom is -0.481 e. The van der Waals surface area contributed by atoms with Crippen LogP contribution in [0.3, 0.4) is 0 Å². The number of piperidine rings is 1. The van der Waals surface area contributed by atoms with Gasteiger partial charge in [0, 0.05) is 19.6 Å². The Morgan fingerprint density at radius 2 is 2.00 bits per heavy atom. The molecular weight excluding hydrogens is 256 g/mol. The van der Waals surface area contributed by atoms with Crippen molar-refractivity contribution in [1.29, 1.82) is 0 Å². The van der Waals surface area contributed by atoms with Crippen LogP contribution in [0, 0.1) is 11.3 Å². The first kappa shape index (κ1) is 15.1. The molecule has 1 aliphatic heterocycles. The molecule has 2 N–H and O–H groups in total. The molecule has 20 heavy (non-hydrogen) atoms. The molecule has 5 nitrogen and oxygen atoms in total. The molecule has 1 atom stereocenters. The van der Waals surface area contributed by atoms with Gasteiger partial charge in [0.1, 0.15) is 0 Å². The van der Waals surface area contributed by atoms with Gasteiger partial charge in [-0.25, -0.2) is 4.79 Å². The van der Waals surface area contributed by atoms with E-state index in [2.05, 4.69) is 12.2 Å². The number of nitrogens with one attached hydrogen (secondary N) is 1. The second kappa shape index (κ2) is 6.46. The Morgan fingerprint density at radius 1 is 1.30 bits per heavy atom. The first-order valence-corrected chi connectivity index (χ1v) is 7.82. The van der Waals surface area contributed by atoms with Gasteiger partial charge in [0.25, 0.3) is 0 Å². The van der Waals surface area contributed by atoms with Gasteiger partial charge >= 0.3 is 12.0 Å². The third-order valence-electron chi connectivity index (χ3n) is 5.09. The van der Waals surface area contributed by atoms with E-state index in [1.165, 1.54) is 25.7 Å². The topological polar surface area (TPSA) is 69.6 Å². The van der Waals surface area contributed by atoms with E-state index in [0.717, 1.165) is 19.4 Å². The van der Waals surface area contributed by atoms with Crippen LogP contribution in [-0.4, -0.2) is 41.6 Å². The Morgan fingerprint density at radius 3 is 2.60 bits per heavy atom. The summed E-state index contributed by atoms with van der Waals surface area (Å²) in [6, 6.07) is -0.0873. The lowest BCUT2D eigenvalue weighted by Gasteiger charge is -2.33. The number of rotatable bonds is 4. The molecule has 0 radical (unpaired) electrons. The highest BCUT2D eigenvalue weighted by Crippen LogP contribution is 2.40. The summed E-state index contributed by atoms with van der Waals surface area (Å²) in [5, 5.41) is 12.1. The maximum absolute atomic E-state index is 12.2. The number of urea groups is 1. The summed E-state index contributed by atoms with van der Waals surface area (Å²) in [4.78, 5) is 24.9. The third-order valence-corrected chi connectivity index (χ3v) is 5.09. The predicted molar refractivity (Wildman–Crippen MR) is 76.5 cm³/mol. The quantitative estimate of drug-likeness (QED) is 0.832. The van der Waals surface area contributed by atoms with Crippen LogP contribution in [0.25, 0.3) is 0 Å². The fourth-order valence-electron chi connectivity index (χ4n) is 3.52. The largest absolute Gasteiger partial charge is 0.481 e. The molecule has 0 spiro atoms. The summed E-state index contributed by atoms with van der Waals surface area (Å²) in [6.07, 6.45) is 7.47. The van der Waals surface area contributed by atoms with Gasteiger partial charge in [0.15, 0.2) is 0 Å². The molecule has 5 heteroatoms. The second-order valence-electron chi connectivity index (χ2n) is 6.34.